The first kappa shape index (κ1) is 12.1. The van der Waals surface area contributed by atoms with Crippen molar-refractivity contribution in [2.24, 2.45) is 0 Å². The molecule has 0 saturated heterocycles. The SMILES string of the molecule is CCC(Nc1cccc(C#N)n1)c1ccccc1. The van der Waals surface area contributed by atoms with Crippen LogP contribution in [-0.2, 0) is 0 Å². The molecule has 0 fully saturated rings. The standard InChI is InChI=1S/C15H15N3/c1-2-14(12-7-4-3-5-8-12)18-15-10-6-9-13(11-16)17-15/h3-10,14H,2H2,1H3,(H,17,18). The third-order valence-corrected chi connectivity index (χ3v) is 2.80. The van der Waals surface area contributed by atoms with Gasteiger partial charge >= 0.3 is 0 Å². The average molecular weight is 237 g/mol. The summed E-state index contributed by atoms with van der Waals surface area (Å²) in [5.41, 5.74) is 1.66. The average Bonchev–Trinajstić information content (AvgIpc) is 2.46. The van der Waals surface area contributed by atoms with E-state index in [1.807, 2.05) is 36.4 Å². The molecule has 90 valence electrons. The summed E-state index contributed by atoms with van der Waals surface area (Å²) in [6, 6.07) is 17.9. The highest BCUT2D eigenvalue weighted by atomic mass is 15.0. The van der Waals surface area contributed by atoms with Crippen molar-refractivity contribution >= 4 is 5.82 Å². The second-order valence-corrected chi connectivity index (χ2v) is 4.04. The van der Waals surface area contributed by atoms with Gasteiger partial charge in [0.15, 0.2) is 0 Å². The number of pyridine rings is 1. The lowest BCUT2D eigenvalue weighted by Crippen LogP contribution is -2.10. The van der Waals surface area contributed by atoms with Gasteiger partial charge in [-0.2, -0.15) is 5.26 Å². The van der Waals surface area contributed by atoms with Gasteiger partial charge in [-0.3, -0.25) is 0 Å². The molecule has 1 N–H and O–H groups in total. The Bertz CT molecular complexity index is 543. The molecule has 1 unspecified atom stereocenters. The van der Waals surface area contributed by atoms with Crippen LogP contribution in [0.15, 0.2) is 48.5 Å². The molecule has 18 heavy (non-hydrogen) atoms. The maximum Gasteiger partial charge on any atom is 0.142 e. The Hall–Kier alpha value is -2.34. The van der Waals surface area contributed by atoms with E-state index >= 15 is 0 Å². The van der Waals surface area contributed by atoms with E-state index in [9.17, 15) is 0 Å². The van der Waals surface area contributed by atoms with Gasteiger partial charge in [-0.05, 0) is 24.1 Å². The summed E-state index contributed by atoms with van der Waals surface area (Å²) in [6.45, 7) is 2.12. The number of anilines is 1. The summed E-state index contributed by atoms with van der Waals surface area (Å²) in [6.07, 6.45) is 0.961. The molecule has 0 aliphatic rings. The lowest BCUT2D eigenvalue weighted by atomic mass is 10.0. The molecule has 0 radical (unpaired) electrons. The summed E-state index contributed by atoms with van der Waals surface area (Å²) in [4.78, 5) is 4.23. The molecule has 1 aromatic carbocycles. The van der Waals surface area contributed by atoms with Crippen molar-refractivity contribution in [1.29, 1.82) is 5.26 Å². The Kier molecular flexibility index (Phi) is 3.93. The topological polar surface area (TPSA) is 48.7 Å². The molecule has 1 aromatic heterocycles. The number of nitrogens with zero attached hydrogens (tertiary/aromatic N) is 2. The van der Waals surface area contributed by atoms with Crippen molar-refractivity contribution in [3.8, 4) is 6.07 Å². The Labute approximate surface area is 107 Å². The predicted molar refractivity (Wildman–Crippen MR) is 72.0 cm³/mol. The largest absolute Gasteiger partial charge is 0.363 e. The Morgan fingerprint density at radius 2 is 1.94 bits per heavy atom. The fraction of sp³-hybridized carbons (Fsp3) is 0.200. The maximum atomic E-state index is 8.83. The predicted octanol–water partition coefficient (Wildman–Crippen LogP) is 3.52. The van der Waals surface area contributed by atoms with Gasteiger partial charge in [-0.15, -0.1) is 0 Å². The lowest BCUT2D eigenvalue weighted by Gasteiger charge is -2.18. The second-order valence-electron chi connectivity index (χ2n) is 4.04. The zero-order chi connectivity index (χ0) is 12.8. The first-order valence-electron chi connectivity index (χ1n) is 6.02. The molecule has 0 aliphatic heterocycles. The molecule has 0 aliphatic carbocycles. The van der Waals surface area contributed by atoms with Crippen LogP contribution in [0.3, 0.4) is 0 Å². The van der Waals surface area contributed by atoms with Crippen LogP contribution >= 0.6 is 0 Å². The summed E-state index contributed by atoms with van der Waals surface area (Å²) >= 11 is 0. The van der Waals surface area contributed by atoms with E-state index in [0.29, 0.717) is 5.69 Å². The smallest absolute Gasteiger partial charge is 0.142 e. The lowest BCUT2D eigenvalue weighted by molar-refractivity contribution is 0.744. The molecule has 1 atom stereocenters. The number of nitrogens with one attached hydrogen (secondary N) is 1. The highest BCUT2D eigenvalue weighted by Gasteiger charge is 2.09. The van der Waals surface area contributed by atoms with Crippen molar-refractivity contribution in [2.45, 2.75) is 19.4 Å². The minimum absolute atomic E-state index is 0.215. The van der Waals surface area contributed by atoms with Crippen LogP contribution in [0.5, 0.6) is 0 Å². The zero-order valence-electron chi connectivity index (χ0n) is 10.3. The molecular weight excluding hydrogens is 222 g/mol. The Balaban J connectivity index is 2.18. The maximum absolute atomic E-state index is 8.83. The summed E-state index contributed by atoms with van der Waals surface area (Å²) < 4.78 is 0. The first-order valence-corrected chi connectivity index (χ1v) is 6.02. The van der Waals surface area contributed by atoms with Gasteiger partial charge in [0, 0.05) is 0 Å². The van der Waals surface area contributed by atoms with Crippen molar-refractivity contribution in [2.75, 3.05) is 5.32 Å². The monoisotopic (exact) mass is 237 g/mol. The van der Waals surface area contributed by atoms with E-state index in [1.165, 1.54) is 5.56 Å². The number of hydrogen-bond donors (Lipinski definition) is 1. The zero-order valence-corrected chi connectivity index (χ0v) is 10.3. The number of hydrogen-bond acceptors (Lipinski definition) is 3. The van der Waals surface area contributed by atoms with Gasteiger partial charge in [0.25, 0.3) is 0 Å². The van der Waals surface area contributed by atoms with Crippen LogP contribution in [0.4, 0.5) is 5.82 Å². The van der Waals surface area contributed by atoms with Gasteiger partial charge in [-0.25, -0.2) is 4.98 Å². The Morgan fingerprint density at radius 3 is 2.61 bits per heavy atom. The number of aromatic nitrogens is 1. The minimum atomic E-state index is 0.215. The number of nitriles is 1. The van der Waals surface area contributed by atoms with Crippen molar-refractivity contribution in [3.05, 3.63) is 59.8 Å². The van der Waals surface area contributed by atoms with Gasteiger partial charge in [0.2, 0.25) is 0 Å². The minimum Gasteiger partial charge on any atom is -0.363 e. The number of benzene rings is 1. The summed E-state index contributed by atoms with van der Waals surface area (Å²) in [7, 11) is 0. The van der Waals surface area contributed by atoms with Crippen LogP contribution < -0.4 is 5.32 Å². The summed E-state index contributed by atoms with van der Waals surface area (Å²) in [5, 5.41) is 12.2. The molecular formula is C15H15N3. The highest BCUT2D eigenvalue weighted by molar-refractivity contribution is 5.41. The van der Waals surface area contributed by atoms with E-state index in [1.54, 1.807) is 6.07 Å². The molecule has 3 nitrogen and oxygen atoms in total. The molecule has 0 bridgehead atoms. The van der Waals surface area contributed by atoms with Crippen LogP contribution in [0, 0.1) is 11.3 Å². The van der Waals surface area contributed by atoms with Gasteiger partial charge < -0.3 is 5.32 Å². The van der Waals surface area contributed by atoms with Crippen LogP contribution in [0.1, 0.15) is 30.6 Å². The van der Waals surface area contributed by atoms with E-state index < -0.39 is 0 Å². The van der Waals surface area contributed by atoms with Gasteiger partial charge in [0.1, 0.15) is 17.6 Å². The highest BCUT2D eigenvalue weighted by Crippen LogP contribution is 2.21. The van der Waals surface area contributed by atoms with Crippen molar-refractivity contribution < 1.29 is 0 Å². The Morgan fingerprint density at radius 1 is 1.17 bits per heavy atom. The molecule has 0 amide bonds. The van der Waals surface area contributed by atoms with Crippen molar-refractivity contribution in [3.63, 3.8) is 0 Å². The third kappa shape index (κ3) is 2.86. The van der Waals surface area contributed by atoms with E-state index in [0.717, 1.165) is 12.2 Å². The van der Waals surface area contributed by atoms with E-state index in [-0.39, 0.29) is 6.04 Å². The molecule has 1 heterocycles. The first-order chi connectivity index (χ1) is 8.83. The van der Waals surface area contributed by atoms with Gasteiger partial charge in [-0.1, -0.05) is 43.3 Å². The molecule has 0 saturated carbocycles. The normalized spacial score (nSPS) is 11.6. The molecule has 3 heteroatoms. The molecule has 2 aromatic rings. The van der Waals surface area contributed by atoms with E-state index in [4.69, 9.17) is 5.26 Å². The molecule has 0 spiro atoms. The quantitative estimate of drug-likeness (QED) is 0.885. The third-order valence-electron chi connectivity index (χ3n) is 2.80. The van der Waals surface area contributed by atoms with Crippen LogP contribution in [0.2, 0.25) is 0 Å². The van der Waals surface area contributed by atoms with Crippen LogP contribution in [-0.4, -0.2) is 4.98 Å². The fourth-order valence-electron chi connectivity index (χ4n) is 1.86. The van der Waals surface area contributed by atoms with Gasteiger partial charge in [0.05, 0.1) is 6.04 Å². The fourth-order valence-corrected chi connectivity index (χ4v) is 1.86. The number of rotatable bonds is 4. The second kappa shape index (κ2) is 5.83. The molecule has 2 rings (SSSR count). The van der Waals surface area contributed by atoms with E-state index in [2.05, 4.69) is 29.4 Å². The van der Waals surface area contributed by atoms with Crippen molar-refractivity contribution in [1.82, 2.24) is 4.98 Å². The summed E-state index contributed by atoms with van der Waals surface area (Å²) in [5.74, 6) is 0.741. The van der Waals surface area contributed by atoms with Crippen LogP contribution in [0.25, 0.3) is 0 Å².